The number of para-hydroxylation sites is 1. The Kier molecular flexibility index (Phi) is 6.51. The molecule has 1 aliphatic heterocycles. The van der Waals surface area contributed by atoms with Crippen molar-refractivity contribution in [2.45, 2.75) is 30.4 Å². The molecular weight excluding hydrogens is 420 g/mol. The van der Waals surface area contributed by atoms with Crippen LogP contribution >= 0.6 is 11.8 Å². The number of methoxy groups -OCH3 is 1. The van der Waals surface area contributed by atoms with Crippen LogP contribution < -0.4 is 15.0 Å². The molecule has 5 nitrogen and oxygen atoms in total. The molecule has 0 saturated carbocycles. The molecule has 1 atom stereocenters. The Hall–Kier alpha value is -3.25. The largest absolute Gasteiger partial charge is 0.497 e. The Morgan fingerprint density at radius 2 is 1.81 bits per heavy atom. The zero-order valence-corrected chi connectivity index (χ0v) is 19.2. The van der Waals surface area contributed by atoms with Crippen molar-refractivity contribution in [3.8, 4) is 5.75 Å². The second-order valence-corrected chi connectivity index (χ2v) is 9.07. The van der Waals surface area contributed by atoms with E-state index in [1.807, 2.05) is 80.6 Å². The van der Waals surface area contributed by atoms with E-state index in [4.69, 9.17) is 4.74 Å². The summed E-state index contributed by atoms with van der Waals surface area (Å²) < 4.78 is 5.26. The summed E-state index contributed by atoms with van der Waals surface area (Å²) in [6, 6.07) is 21.4. The lowest BCUT2D eigenvalue weighted by atomic mass is 10.1. The Morgan fingerprint density at radius 3 is 2.56 bits per heavy atom. The highest BCUT2D eigenvalue weighted by atomic mass is 32.2. The molecule has 2 amide bonds. The number of aryl methyl sites for hydroxylation is 1. The molecule has 0 spiro atoms. The van der Waals surface area contributed by atoms with Crippen molar-refractivity contribution in [1.29, 1.82) is 0 Å². The highest BCUT2D eigenvalue weighted by molar-refractivity contribution is 7.99. The molecule has 6 heteroatoms. The van der Waals surface area contributed by atoms with Gasteiger partial charge in [0.05, 0.1) is 12.8 Å². The minimum absolute atomic E-state index is 0.0286. The van der Waals surface area contributed by atoms with Crippen molar-refractivity contribution in [3.05, 3.63) is 83.4 Å². The van der Waals surface area contributed by atoms with E-state index in [2.05, 4.69) is 5.32 Å². The molecule has 0 aromatic heterocycles. The lowest BCUT2D eigenvalue weighted by Crippen LogP contribution is -2.38. The molecule has 1 heterocycles. The second-order valence-electron chi connectivity index (χ2n) is 7.83. The summed E-state index contributed by atoms with van der Waals surface area (Å²) in [6.07, 6.45) is 0.308. The van der Waals surface area contributed by atoms with E-state index >= 15 is 0 Å². The number of carbonyl (C=O) groups excluding carboxylic acids is 2. The average Bonchev–Trinajstić information content (AvgIpc) is 2.93. The number of amides is 2. The minimum Gasteiger partial charge on any atom is -0.497 e. The SMILES string of the molecule is COc1ccc([C@H]2CC(=O)N(CC(=O)Nc3cccc(C)c3C)c3ccccc3S2)cc1. The van der Waals surface area contributed by atoms with Crippen molar-refractivity contribution < 1.29 is 14.3 Å². The van der Waals surface area contributed by atoms with E-state index in [-0.39, 0.29) is 23.6 Å². The van der Waals surface area contributed by atoms with Gasteiger partial charge in [0, 0.05) is 22.3 Å². The number of anilines is 2. The molecule has 3 aromatic rings. The van der Waals surface area contributed by atoms with E-state index in [9.17, 15) is 9.59 Å². The molecule has 0 bridgehead atoms. The Balaban J connectivity index is 1.58. The lowest BCUT2D eigenvalue weighted by molar-refractivity contribution is -0.121. The van der Waals surface area contributed by atoms with Crippen LogP contribution in [0.15, 0.2) is 71.6 Å². The van der Waals surface area contributed by atoms with Crippen molar-refractivity contribution in [2.24, 2.45) is 0 Å². The molecule has 0 fully saturated rings. The first-order valence-electron chi connectivity index (χ1n) is 10.5. The Morgan fingerprint density at radius 1 is 1.06 bits per heavy atom. The van der Waals surface area contributed by atoms with Crippen LogP contribution in [0.4, 0.5) is 11.4 Å². The monoisotopic (exact) mass is 446 g/mol. The number of hydrogen-bond acceptors (Lipinski definition) is 4. The van der Waals surface area contributed by atoms with Crippen LogP contribution in [-0.2, 0) is 9.59 Å². The van der Waals surface area contributed by atoms with E-state index < -0.39 is 0 Å². The number of nitrogens with zero attached hydrogens (tertiary/aromatic N) is 1. The molecule has 4 rings (SSSR count). The summed E-state index contributed by atoms with van der Waals surface area (Å²) in [7, 11) is 1.64. The molecule has 32 heavy (non-hydrogen) atoms. The Labute approximate surface area is 192 Å². The van der Waals surface area contributed by atoms with Crippen LogP contribution in [0.2, 0.25) is 0 Å². The van der Waals surface area contributed by atoms with Crippen LogP contribution in [0, 0.1) is 13.8 Å². The normalized spacial score (nSPS) is 15.7. The number of fused-ring (bicyclic) bond motifs is 1. The Bertz CT molecular complexity index is 1140. The maximum atomic E-state index is 13.3. The number of benzene rings is 3. The van der Waals surface area contributed by atoms with E-state index in [0.29, 0.717) is 6.42 Å². The summed E-state index contributed by atoms with van der Waals surface area (Å²) in [5.74, 6) is 0.498. The van der Waals surface area contributed by atoms with Gasteiger partial charge in [-0.05, 0) is 60.9 Å². The maximum absolute atomic E-state index is 13.3. The number of thioether (sulfide) groups is 1. The van der Waals surface area contributed by atoms with Gasteiger partial charge in [0.1, 0.15) is 12.3 Å². The second kappa shape index (κ2) is 9.49. The summed E-state index contributed by atoms with van der Waals surface area (Å²) >= 11 is 1.65. The van der Waals surface area contributed by atoms with E-state index in [1.165, 1.54) is 0 Å². The molecule has 0 saturated heterocycles. The van der Waals surface area contributed by atoms with Crippen LogP contribution in [-0.4, -0.2) is 25.5 Å². The zero-order valence-electron chi connectivity index (χ0n) is 18.4. The fourth-order valence-electron chi connectivity index (χ4n) is 3.78. The van der Waals surface area contributed by atoms with Crippen molar-refractivity contribution in [2.75, 3.05) is 23.9 Å². The molecule has 1 aliphatic rings. The van der Waals surface area contributed by atoms with Crippen molar-refractivity contribution in [1.82, 2.24) is 0 Å². The molecule has 164 valence electrons. The molecule has 0 aliphatic carbocycles. The topological polar surface area (TPSA) is 58.6 Å². The van der Waals surface area contributed by atoms with Gasteiger partial charge in [-0.25, -0.2) is 0 Å². The fourth-order valence-corrected chi connectivity index (χ4v) is 5.06. The number of rotatable bonds is 5. The highest BCUT2D eigenvalue weighted by Crippen LogP contribution is 2.45. The smallest absolute Gasteiger partial charge is 0.244 e. The molecule has 0 unspecified atom stereocenters. The first-order valence-corrected chi connectivity index (χ1v) is 11.4. The highest BCUT2D eigenvalue weighted by Gasteiger charge is 2.30. The first-order chi connectivity index (χ1) is 15.5. The molecule has 0 radical (unpaired) electrons. The fraction of sp³-hybridized carbons (Fsp3) is 0.231. The van der Waals surface area contributed by atoms with Crippen LogP contribution in [0.1, 0.15) is 28.4 Å². The van der Waals surface area contributed by atoms with Gasteiger partial charge in [0.25, 0.3) is 0 Å². The first kappa shape index (κ1) is 22.0. The summed E-state index contributed by atoms with van der Waals surface area (Å²) in [4.78, 5) is 28.8. The number of carbonyl (C=O) groups is 2. The van der Waals surface area contributed by atoms with Gasteiger partial charge in [0.15, 0.2) is 0 Å². The average molecular weight is 447 g/mol. The maximum Gasteiger partial charge on any atom is 0.244 e. The van der Waals surface area contributed by atoms with Crippen LogP contribution in [0.3, 0.4) is 0 Å². The third kappa shape index (κ3) is 4.65. The predicted octanol–water partition coefficient (Wildman–Crippen LogP) is 5.52. The van der Waals surface area contributed by atoms with Crippen LogP contribution in [0.5, 0.6) is 5.75 Å². The lowest BCUT2D eigenvalue weighted by Gasteiger charge is -2.22. The number of hydrogen-bond donors (Lipinski definition) is 1. The number of ether oxygens (including phenoxy) is 1. The van der Waals surface area contributed by atoms with Gasteiger partial charge in [-0.1, -0.05) is 36.4 Å². The van der Waals surface area contributed by atoms with E-state index in [1.54, 1.807) is 23.8 Å². The van der Waals surface area contributed by atoms with Gasteiger partial charge in [0.2, 0.25) is 11.8 Å². The van der Waals surface area contributed by atoms with Gasteiger partial charge < -0.3 is 15.0 Å². The van der Waals surface area contributed by atoms with Gasteiger partial charge in [-0.15, -0.1) is 11.8 Å². The standard InChI is InChI=1S/C26H26N2O3S/c1-17-7-6-8-21(18(17)2)27-25(29)16-28-22-9-4-5-10-23(22)32-24(15-26(28)30)19-11-13-20(31-3)14-12-19/h4-14,24H,15-16H2,1-3H3,(H,27,29)/t24-/m1/s1. The molecule has 1 N–H and O–H groups in total. The number of nitrogens with one attached hydrogen (secondary N) is 1. The van der Waals surface area contributed by atoms with Gasteiger partial charge in [-0.2, -0.15) is 0 Å². The summed E-state index contributed by atoms with van der Waals surface area (Å²) in [5, 5.41) is 2.93. The van der Waals surface area contributed by atoms with Gasteiger partial charge in [-0.3, -0.25) is 9.59 Å². The van der Waals surface area contributed by atoms with Crippen molar-refractivity contribution in [3.63, 3.8) is 0 Å². The van der Waals surface area contributed by atoms with Crippen molar-refractivity contribution >= 4 is 35.0 Å². The predicted molar refractivity (Wildman–Crippen MR) is 130 cm³/mol. The van der Waals surface area contributed by atoms with Gasteiger partial charge >= 0.3 is 0 Å². The summed E-state index contributed by atoms with van der Waals surface area (Å²) in [6.45, 7) is 3.96. The van der Waals surface area contributed by atoms with E-state index in [0.717, 1.165) is 38.7 Å². The quantitative estimate of drug-likeness (QED) is 0.561. The third-order valence-electron chi connectivity index (χ3n) is 5.75. The zero-order chi connectivity index (χ0) is 22.7. The molecular formula is C26H26N2O3S. The molecule has 3 aromatic carbocycles. The minimum atomic E-state index is -0.213. The third-order valence-corrected chi connectivity index (χ3v) is 7.08. The van der Waals surface area contributed by atoms with Crippen LogP contribution in [0.25, 0.3) is 0 Å². The summed E-state index contributed by atoms with van der Waals surface area (Å²) in [5.41, 5.74) is 4.74.